The van der Waals surface area contributed by atoms with E-state index in [1.54, 1.807) is 0 Å². The molecule has 3 aromatic rings. The van der Waals surface area contributed by atoms with E-state index in [0.29, 0.717) is 11.0 Å². The Morgan fingerprint density at radius 1 is 1.15 bits per heavy atom. The molecule has 0 unspecified atom stereocenters. The lowest BCUT2D eigenvalue weighted by atomic mass is 10.1. The summed E-state index contributed by atoms with van der Waals surface area (Å²) >= 11 is 1.51. The van der Waals surface area contributed by atoms with Crippen LogP contribution in [0.4, 0.5) is 0 Å². The molecule has 1 aromatic carbocycles. The summed E-state index contributed by atoms with van der Waals surface area (Å²) in [6.45, 7) is 3.85. The van der Waals surface area contributed by atoms with Crippen LogP contribution in [0, 0.1) is 13.8 Å². The predicted octanol–water partition coefficient (Wildman–Crippen LogP) is 4.24. The topological polar surface area (TPSA) is 52.1 Å². The van der Waals surface area contributed by atoms with E-state index in [-0.39, 0.29) is 0 Å². The molecule has 20 heavy (non-hydrogen) atoms. The average Bonchev–Trinajstić information content (AvgIpc) is 3.05. The van der Waals surface area contributed by atoms with Crippen LogP contribution in [0.25, 0.3) is 11.3 Å². The lowest BCUT2D eigenvalue weighted by Gasteiger charge is -1.92. The molecular weight excluding hydrogens is 272 g/mol. The fourth-order valence-electron chi connectivity index (χ4n) is 1.76. The Kier molecular flexibility index (Phi) is 3.60. The van der Waals surface area contributed by atoms with Gasteiger partial charge >= 0.3 is 0 Å². The van der Waals surface area contributed by atoms with Crippen molar-refractivity contribution in [2.75, 3.05) is 0 Å². The lowest BCUT2D eigenvalue weighted by Crippen LogP contribution is -1.77. The summed E-state index contributed by atoms with van der Waals surface area (Å²) in [7, 11) is 0. The van der Waals surface area contributed by atoms with Crippen molar-refractivity contribution in [3.05, 3.63) is 53.6 Å². The van der Waals surface area contributed by atoms with E-state index >= 15 is 0 Å². The normalized spacial score (nSPS) is 10.9. The maximum absolute atomic E-state index is 5.52. The van der Waals surface area contributed by atoms with Crippen LogP contribution in [-0.4, -0.2) is 10.1 Å². The molecule has 5 heteroatoms. The van der Waals surface area contributed by atoms with Gasteiger partial charge in [-0.2, -0.15) is 0 Å². The summed E-state index contributed by atoms with van der Waals surface area (Å²) < 4.78 is 10.9. The first-order valence-corrected chi connectivity index (χ1v) is 7.29. The highest BCUT2D eigenvalue weighted by Gasteiger charge is 2.10. The Bertz CT molecular complexity index is 684. The quantitative estimate of drug-likeness (QED) is 0.671. The van der Waals surface area contributed by atoms with Crippen molar-refractivity contribution in [3.8, 4) is 11.3 Å². The average molecular weight is 286 g/mol. The second-order valence-corrected chi connectivity index (χ2v) is 5.38. The highest BCUT2D eigenvalue weighted by molar-refractivity contribution is 7.98. The van der Waals surface area contributed by atoms with Crippen molar-refractivity contribution in [1.29, 1.82) is 0 Å². The third kappa shape index (κ3) is 2.77. The molecule has 0 saturated carbocycles. The molecule has 0 amide bonds. The van der Waals surface area contributed by atoms with Gasteiger partial charge in [-0.25, -0.2) is 4.98 Å². The number of hydrogen-bond acceptors (Lipinski definition) is 5. The number of nitrogens with zero attached hydrogens (tertiary/aromatic N) is 2. The second kappa shape index (κ2) is 5.54. The van der Waals surface area contributed by atoms with E-state index in [4.69, 9.17) is 8.94 Å². The molecule has 0 aliphatic heterocycles. The molecule has 0 saturated heterocycles. The third-order valence-electron chi connectivity index (χ3n) is 2.98. The van der Waals surface area contributed by atoms with Gasteiger partial charge in [-0.1, -0.05) is 47.3 Å². The molecule has 102 valence electrons. The van der Waals surface area contributed by atoms with Crippen LogP contribution in [0.15, 0.2) is 50.6 Å². The Balaban J connectivity index is 1.69. The SMILES string of the molecule is Cc1nc(SCc2cc(-c3ccccc3)no2)oc1C. The standard InChI is InChI=1S/C15H14N2O2S/c1-10-11(2)18-15(16-10)20-9-13-8-14(17-19-13)12-6-4-3-5-7-12/h3-8H,9H2,1-2H3. The van der Waals surface area contributed by atoms with Crippen LogP contribution in [0.3, 0.4) is 0 Å². The van der Waals surface area contributed by atoms with Crippen LogP contribution in [0.1, 0.15) is 17.2 Å². The molecule has 0 radical (unpaired) electrons. The first kappa shape index (κ1) is 13.0. The summed E-state index contributed by atoms with van der Waals surface area (Å²) in [6, 6.07) is 11.9. The van der Waals surface area contributed by atoms with Gasteiger partial charge in [0.2, 0.25) is 0 Å². The largest absolute Gasteiger partial charge is 0.437 e. The van der Waals surface area contributed by atoms with E-state index in [1.165, 1.54) is 11.8 Å². The molecule has 0 aliphatic carbocycles. The van der Waals surface area contributed by atoms with Crippen molar-refractivity contribution in [2.45, 2.75) is 24.8 Å². The zero-order valence-electron chi connectivity index (χ0n) is 11.3. The summed E-state index contributed by atoms with van der Waals surface area (Å²) in [5.74, 6) is 2.32. The highest BCUT2D eigenvalue weighted by Crippen LogP contribution is 2.26. The minimum atomic E-state index is 0.652. The first-order chi connectivity index (χ1) is 9.72. The molecule has 4 nitrogen and oxygen atoms in total. The first-order valence-electron chi connectivity index (χ1n) is 6.30. The van der Waals surface area contributed by atoms with Gasteiger partial charge in [-0.05, 0) is 13.8 Å². The number of oxazole rings is 1. The Labute approximate surface area is 121 Å². The number of benzene rings is 1. The fraction of sp³-hybridized carbons (Fsp3) is 0.200. The minimum Gasteiger partial charge on any atom is -0.437 e. The van der Waals surface area contributed by atoms with Gasteiger partial charge in [0.05, 0.1) is 11.4 Å². The molecule has 2 aromatic heterocycles. The summed E-state index contributed by atoms with van der Waals surface area (Å²) in [5.41, 5.74) is 2.83. The van der Waals surface area contributed by atoms with Gasteiger partial charge in [0.25, 0.3) is 5.22 Å². The minimum absolute atomic E-state index is 0.652. The van der Waals surface area contributed by atoms with Crippen molar-refractivity contribution in [1.82, 2.24) is 10.1 Å². The van der Waals surface area contributed by atoms with Crippen LogP contribution in [-0.2, 0) is 5.75 Å². The summed E-state index contributed by atoms with van der Waals surface area (Å²) in [5, 5.41) is 4.75. The zero-order chi connectivity index (χ0) is 13.9. The molecule has 0 aliphatic rings. The second-order valence-electron chi connectivity index (χ2n) is 4.45. The van der Waals surface area contributed by atoms with Gasteiger partial charge in [-0.3, -0.25) is 0 Å². The number of aryl methyl sites for hydroxylation is 2. The molecule has 2 heterocycles. The molecule has 0 atom stereocenters. The van der Waals surface area contributed by atoms with Crippen LogP contribution in [0.5, 0.6) is 0 Å². The summed E-state index contributed by atoms with van der Waals surface area (Å²) in [6.07, 6.45) is 0. The monoisotopic (exact) mass is 286 g/mol. The smallest absolute Gasteiger partial charge is 0.256 e. The molecule has 0 N–H and O–H groups in total. The molecular formula is C15H14N2O2S. The summed E-state index contributed by atoms with van der Waals surface area (Å²) in [4.78, 5) is 4.32. The number of hydrogen-bond donors (Lipinski definition) is 0. The van der Waals surface area contributed by atoms with E-state index in [9.17, 15) is 0 Å². The molecule has 0 bridgehead atoms. The van der Waals surface area contributed by atoms with Crippen LogP contribution < -0.4 is 0 Å². The number of rotatable bonds is 4. The fourth-order valence-corrected chi connectivity index (χ4v) is 2.55. The predicted molar refractivity (Wildman–Crippen MR) is 77.5 cm³/mol. The number of thioether (sulfide) groups is 1. The maximum atomic E-state index is 5.52. The molecule has 3 rings (SSSR count). The van der Waals surface area contributed by atoms with Crippen molar-refractivity contribution < 1.29 is 8.94 Å². The van der Waals surface area contributed by atoms with Crippen LogP contribution >= 0.6 is 11.8 Å². The number of aromatic nitrogens is 2. The maximum Gasteiger partial charge on any atom is 0.256 e. The highest BCUT2D eigenvalue weighted by atomic mass is 32.2. The van der Waals surface area contributed by atoms with Gasteiger partial charge in [0, 0.05) is 11.6 Å². The van der Waals surface area contributed by atoms with Crippen LogP contribution in [0.2, 0.25) is 0 Å². The van der Waals surface area contributed by atoms with Crippen molar-refractivity contribution in [3.63, 3.8) is 0 Å². The van der Waals surface area contributed by atoms with Gasteiger partial charge in [0.1, 0.15) is 17.2 Å². The molecule has 0 spiro atoms. The van der Waals surface area contributed by atoms with Gasteiger partial charge in [-0.15, -0.1) is 0 Å². The lowest BCUT2D eigenvalue weighted by molar-refractivity contribution is 0.395. The van der Waals surface area contributed by atoms with Gasteiger partial charge < -0.3 is 8.94 Å². The Morgan fingerprint density at radius 3 is 2.65 bits per heavy atom. The zero-order valence-corrected chi connectivity index (χ0v) is 12.1. The Hall–Kier alpha value is -2.01. The third-order valence-corrected chi connectivity index (χ3v) is 3.83. The van der Waals surface area contributed by atoms with E-state index in [2.05, 4.69) is 10.1 Å². The van der Waals surface area contributed by atoms with Crippen molar-refractivity contribution in [2.24, 2.45) is 0 Å². The van der Waals surface area contributed by atoms with E-state index in [0.717, 1.165) is 28.5 Å². The molecule has 0 fully saturated rings. The van der Waals surface area contributed by atoms with E-state index < -0.39 is 0 Å². The van der Waals surface area contributed by atoms with Gasteiger partial charge in [0.15, 0.2) is 0 Å². The van der Waals surface area contributed by atoms with Crippen molar-refractivity contribution >= 4 is 11.8 Å². The Morgan fingerprint density at radius 2 is 1.95 bits per heavy atom. The van der Waals surface area contributed by atoms with E-state index in [1.807, 2.05) is 50.2 Å².